The number of imidazole rings is 1. The highest BCUT2D eigenvalue weighted by Gasteiger charge is 2.18. The van der Waals surface area contributed by atoms with E-state index >= 15 is 0 Å². The van der Waals surface area contributed by atoms with Crippen molar-refractivity contribution in [1.82, 2.24) is 9.38 Å². The summed E-state index contributed by atoms with van der Waals surface area (Å²) in [4.78, 5) is 4.59. The van der Waals surface area contributed by atoms with Crippen LogP contribution in [0.4, 0.5) is 0 Å². The van der Waals surface area contributed by atoms with E-state index in [2.05, 4.69) is 44.9 Å². The van der Waals surface area contributed by atoms with Crippen LogP contribution in [0.1, 0.15) is 32.0 Å². The van der Waals surface area contributed by atoms with Gasteiger partial charge in [-0.25, -0.2) is 4.98 Å². The minimum Gasteiger partial charge on any atom is -0.298 e. The fraction of sp³-hybridized carbons (Fsp3) is 0.417. The molecule has 0 unspecified atom stereocenters. The zero-order chi connectivity index (χ0) is 10.3. The van der Waals surface area contributed by atoms with Gasteiger partial charge in [-0.1, -0.05) is 26.8 Å². The Morgan fingerprint density at radius 3 is 2.64 bits per heavy atom. The number of aromatic nitrogens is 2. The standard InChI is InChI=1S/C12H15N2/c1-9-6-5-7-14-8-10(12(2,3)4)13-11(9)14/h5-7H,1-4H3. The Morgan fingerprint density at radius 2 is 2.07 bits per heavy atom. The average molecular weight is 187 g/mol. The predicted octanol–water partition coefficient (Wildman–Crippen LogP) is 2.74. The van der Waals surface area contributed by atoms with Crippen molar-refractivity contribution in [2.24, 2.45) is 0 Å². The van der Waals surface area contributed by atoms with Crippen molar-refractivity contribution >= 4 is 5.65 Å². The van der Waals surface area contributed by atoms with Crippen molar-refractivity contribution < 1.29 is 0 Å². The van der Waals surface area contributed by atoms with E-state index < -0.39 is 0 Å². The molecule has 0 saturated carbocycles. The molecule has 0 aliphatic carbocycles. The van der Waals surface area contributed by atoms with Crippen LogP contribution in [0.15, 0.2) is 18.3 Å². The lowest BCUT2D eigenvalue weighted by Gasteiger charge is -2.13. The summed E-state index contributed by atoms with van der Waals surface area (Å²) in [6, 6.07) is 4.09. The van der Waals surface area contributed by atoms with Crippen LogP contribution in [0.25, 0.3) is 5.65 Å². The minimum absolute atomic E-state index is 0.0679. The van der Waals surface area contributed by atoms with Gasteiger partial charge in [0, 0.05) is 11.6 Å². The van der Waals surface area contributed by atoms with E-state index in [1.54, 1.807) is 0 Å². The second-order valence-corrected chi connectivity index (χ2v) is 4.71. The van der Waals surface area contributed by atoms with Crippen molar-refractivity contribution in [3.8, 4) is 0 Å². The second-order valence-electron chi connectivity index (χ2n) is 4.71. The molecule has 0 saturated heterocycles. The third-order valence-electron chi connectivity index (χ3n) is 2.32. The molecule has 0 bridgehead atoms. The molecule has 2 aromatic heterocycles. The summed E-state index contributed by atoms with van der Waals surface area (Å²) in [6.45, 7) is 8.53. The molecule has 0 spiro atoms. The fourth-order valence-corrected chi connectivity index (χ4v) is 1.42. The molecule has 2 aromatic rings. The van der Waals surface area contributed by atoms with E-state index in [0.717, 1.165) is 11.3 Å². The Bertz CT molecular complexity index is 461. The summed E-state index contributed by atoms with van der Waals surface area (Å²) >= 11 is 0. The first-order chi connectivity index (χ1) is 6.48. The van der Waals surface area contributed by atoms with E-state index in [4.69, 9.17) is 0 Å². The van der Waals surface area contributed by atoms with Gasteiger partial charge >= 0.3 is 0 Å². The Morgan fingerprint density at radius 1 is 1.36 bits per heavy atom. The predicted molar refractivity (Wildman–Crippen MR) is 57.5 cm³/mol. The summed E-state index contributed by atoms with van der Waals surface area (Å²) < 4.78 is 1.97. The maximum absolute atomic E-state index is 4.59. The number of nitrogens with zero attached hydrogens (tertiary/aromatic N) is 2. The smallest absolute Gasteiger partial charge is 0.140 e. The molecule has 2 rings (SSSR count). The first-order valence-corrected chi connectivity index (χ1v) is 4.86. The van der Waals surface area contributed by atoms with Gasteiger partial charge in [0.2, 0.25) is 0 Å². The van der Waals surface area contributed by atoms with Gasteiger partial charge in [-0.15, -0.1) is 0 Å². The van der Waals surface area contributed by atoms with Crippen molar-refractivity contribution in [2.45, 2.75) is 33.1 Å². The number of hydrogen-bond donors (Lipinski definition) is 0. The summed E-state index contributed by atoms with van der Waals surface area (Å²) in [6.07, 6.45) is 5.27. The van der Waals surface area contributed by atoms with Crippen molar-refractivity contribution in [3.05, 3.63) is 35.8 Å². The molecule has 0 amide bonds. The van der Waals surface area contributed by atoms with Gasteiger partial charge in [-0.2, -0.15) is 0 Å². The molecule has 14 heavy (non-hydrogen) atoms. The molecular formula is C12H15N2. The maximum atomic E-state index is 4.59. The Hall–Kier alpha value is -1.31. The zero-order valence-electron chi connectivity index (χ0n) is 9.13. The highest BCUT2D eigenvalue weighted by Crippen LogP contribution is 2.21. The van der Waals surface area contributed by atoms with E-state index in [1.165, 1.54) is 5.56 Å². The molecule has 2 heterocycles. The molecule has 0 N–H and O–H groups in total. The van der Waals surface area contributed by atoms with Gasteiger partial charge in [-0.05, 0) is 18.6 Å². The molecule has 1 radical (unpaired) electrons. The SMILES string of the molecule is Cc1cccn2[c]c(C(C)(C)C)nc12. The van der Waals surface area contributed by atoms with Crippen molar-refractivity contribution in [3.63, 3.8) is 0 Å². The normalized spacial score (nSPS) is 12.3. The monoisotopic (exact) mass is 187 g/mol. The van der Waals surface area contributed by atoms with Gasteiger partial charge in [0.05, 0.1) is 11.9 Å². The molecule has 73 valence electrons. The molecule has 2 nitrogen and oxygen atoms in total. The molecule has 0 aromatic carbocycles. The van der Waals surface area contributed by atoms with Crippen molar-refractivity contribution in [2.75, 3.05) is 0 Å². The van der Waals surface area contributed by atoms with Crippen LogP contribution in [0.2, 0.25) is 0 Å². The van der Waals surface area contributed by atoms with E-state index in [-0.39, 0.29) is 5.41 Å². The number of pyridine rings is 1. The lowest BCUT2D eigenvalue weighted by atomic mass is 9.93. The van der Waals surface area contributed by atoms with Crippen molar-refractivity contribution in [1.29, 1.82) is 0 Å². The molecule has 0 fully saturated rings. The summed E-state index contributed by atoms with van der Waals surface area (Å²) in [7, 11) is 0. The van der Waals surface area contributed by atoms with E-state index in [1.807, 2.05) is 16.7 Å². The molecule has 0 aliphatic heterocycles. The molecular weight excluding hydrogens is 172 g/mol. The van der Waals surface area contributed by atoms with Crippen LogP contribution in [0, 0.1) is 13.1 Å². The minimum atomic E-state index is 0.0679. The number of hydrogen-bond acceptors (Lipinski definition) is 1. The first-order valence-electron chi connectivity index (χ1n) is 4.86. The molecule has 0 atom stereocenters. The number of fused-ring (bicyclic) bond motifs is 1. The van der Waals surface area contributed by atoms with Crippen LogP contribution in [-0.2, 0) is 5.41 Å². The van der Waals surface area contributed by atoms with Gasteiger partial charge in [-0.3, -0.25) is 4.40 Å². The molecule has 2 heteroatoms. The van der Waals surface area contributed by atoms with Gasteiger partial charge in [0.1, 0.15) is 5.65 Å². The van der Waals surface area contributed by atoms with E-state index in [0.29, 0.717) is 0 Å². The highest BCUT2D eigenvalue weighted by atomic mass is 15.0. The van der Waals surface area contributed by atoms with Crippen LogP contribution in [0.3, 0.4) is 0 Å². The Balaban J connectivity index is 2.69. The second kappa shape index (κ2) is 2.84. The van der Waals surface area contributed by atoms with Crippen LogP contribution in [0.5, 0.6) is 0 Å². The summed E-state index contributed by atoms with van der Waals surface area (Å²) in [5.41, 5.74) is 3.29. The first kappa shape index (κ1) is 9.25. The topological polar surface area (TPSA) is 17.3 Å². The van der Waals surface area contributed by atoms with Gasteiger partial charge < -0.3 is 0 Å². The maximum Gasteiger partial charge on any atom is 0.140 e. The fourth-order valence-electron chi connectivity index (χ4n) is 1.42. The van der Waals surface area contributed by atoms with Gasteiger partial charge in [0.15, 0.2) is 0 Å². The third-order valence-corrected chi connectivity index (χ3v) is 2.32. The Labute approximate surface area is 84.6 Å². The summed E-state index contributed by atoms with van der Waals surface area (Å²) in [5, 5.41) is 0. The van der Waals surface area contributed by atoms with Crippen LogP contribution >= 0.6 is 0 Å². The summed E-state index contributed by atoms with van der Waals surface area (Å²) in [5.74, 6) is 0. The van der Waals surface area contributed by atoms with E-state index in [9.17, 15) is 0 Å². The lowest BCUT2D eigenvalue weighted by molar-refractivity contribution is 0.572. The average Bonchev–Trinajstić information content (AvgIpc) is 2.48. The quantitative estimate of drug-likeness (QED) is 0.620. The third kappa shape index (κ3) is 1.41. The highest BCUT2D eigenvalue weighted by molar-refractivity contribution is 5.48. The number of aryl methyl sites for hydroxylation is 1. The van der Waals surface area contributed by atoms with Crippen LogP contribution in [-0.4, -0.2) is 9.38 Å². The number of rotatable bonds is 0. The zero-order valence-corrected chi connectivity index (χ0v) is 9.13. The largest absolute Gasteiger partial charge is 0.298 e. The van der Waals surface area contributed by atoms with Crippen LogP contribution < -0.4 is 0 Å². The Kier molecular flexibility index (Phi) is 1.88. The lowest BCUT2D eigenvalue weighted by Crippen LogP contribution is -2.11. The molecule has 0 aliphatic rings. The van der Waals surface area contributed by atoms with Gasteiger partial charge in [0.25, 0.3) is 0 Å².